The molecule has 0 radical (unpaired) electrons. The molecule has 0 aromatic heterocycles. The monoisotopic (exact) mass is 239 g/mol. The van der Waals surface area contributed by atoms with Gasteiger partial charge in [0.15, 0.2) is 0 Å². The van der Waals surface area contributed by atoms with Crippen LogP contribution in [-0.4, -0.2) is 30.4 Å². The summed E-state index contributed by atoms with van der Waals surface area (Å²) in [6.07, 6.45) is 1.84. The Hall–Kier alpha value is -1.08. The van der Waals surface area contributed by atoms with Crippen LogP contribution in [0.1, 0.15) is 40.0 Å². The summed E-state index contributed by atoms with van der Waals surface area (Å²) >= 11 is 0. The minimum absolute atomic E-state index is 0.0232. The second kappa shape index (κ2) is 8.08. The number of rotatable bonds is 7. The van der Waals surface area contributed by atoms with E-state index >= 15 is 0 Å². The fourth-order valence-corrected chi connectivity index (χ4v) is 1.84. The molecular weight excluding hydrogens is 214 g/mol. The lowest BCUT2D eigenvalue weighted by Crippen LogP contribution is -2.36. The molecule has 98 valence electrons. The van der Waals surface area contributed by atoms with Crippen LogP contribution in [0.3, 0.4) is 0 Å². The van der Waals surface area contributed by atoms with Gasteiger partial charge in [0.1, 0.15) is 0 Å². The first-order valence-electron chi connectivity index (χ1n) is 6.25. The van der Waals surface area contributed by atoms with Crippen LogP contribution in [0, 0.1) is 23.2 Å². The molecule has 0 spiro atoms. The quantitative estimate of drug-likeness (QED) is 0.736. The third kappa shape index (κ3) is 6.28. The maximum absolute atomic E-state index is 12.0. The van der Waals surface area contributed by atoms with Crippen molar-refractivity contribution in [3.05, 3.63) is 0 Å². The number of hydrogen-bond donors (Lipinski definition) is 1. The molecule has 0 aliphatic rings. The fraction of sp³-hybridized carbons (Fsp3) is 0.846. The highest BCUT2D eigenvalue weighted by atomic mass is 16.2. The Balaban J connectivity index is 4.26. The van der Waals surface area contributed by atoms with E-state index in [1.165, 1.54) is 0 Å². The molecule has 0 saturated carbocycles. The number of nitriles is 1. The molecule has 1 unspecified atom stereocenters. The summed E-state index contributed by atoms with van der Waals surface area (Å²) in [5, 5.41) is 8.61. The number of nitrogens with two attached hydrogens (primary N) is 1. The minimum Gasteiger partial charge on any atom is -0.342 e. The van der Waals surface area contributed by atoms with E-state index in [0.717, 1.165) is 6.42 Å². The summed E-state index contributed by atoms with van der Waals surface area (Å²) in [6.45, 7) is 6.70. The molecule has 17 heavy (non-hydrogen) atoms. The number of nitrogens with zero attached hydrogens (tertiary/aromatic N) is 2. The third-order valence-corrected chi connectivity index (χ3v) is 3.04. The second-order valence-electron chi connectivity index (χ2n) is 5.15. The van der Waals surface area contributed by atoms with Crippen LogP contribution in [0.2, 0.25) is 0 Å². The van der Waals surface area contributed by atoms with E-state index in [0.29, 0.717) is 25.3 Å². The number of amides is 1. The van der Waals surface area contributed by atoms with Crippen molar-refractivity contribution in [2.45, 2.75) is 46.1 Å². The lowest BCUT2D eigenvalue weighted by Gasteiger charge is -2.25. The number of carbonyl (C=O) groups excluding carboxylic acids is 1. The smallest absolute Gasteiger partial charge is 0.222 e. The summed E-state index contributed by atoms with van der Waals surface area (Å²) in [6, 6.07) is 2.06. The molecule has 0 saturated heterocycles. The average Bonchev–Trinajstić information content (AvgIpc) is 2.26. The Morgan fingerprint density at radius 1 is 1.41 bits per heavy atom. The fourth-order valence-electron chi connectivity index (χ4n) is 1.84. The zero-order chi connectivity index (χ0) is 13.4. The SMILES string of the molecule is CC(C)C[C@H](CN)CC(=O)N(C)C(C)CC#N. The van der Waals surface area contributed by atoms with Gasteiger partial charge in [0, 0.05) is 19.5 Å². The van der Waals surface area contributed by atoms with E-state index in [2.05, 4.69) is 19.9 Å². The lowest BCUT2D eigenvalue weighted by atomic mass is 9.93. The molecule has 4 heteroatoms. The van der Waals surface area contributed by atoms with Gasteiger partial charge in [0.2, 0.25) is 5.91 Å². The highest BCUT2D eigenvalue weighted by molar-refractivity contribution is 5.76. The van der Waals surface area contributed by atoms with Crippen LogP contribution < -0.4 is 5.73 Å². The van der Waals surface area contributed by atoms with Crippen LogP contribution in [0.25, 0.3) is 0 Å². The minimum atomic E-state index is -0.0232. The predicted octanol–water partition coefficient (Wildman–Crippen LogP) is 1.76. The van der Waals surface area contributed by atoms with Gasteiger partial charge in [-0.3, -0.25) is 4.79 Å². The highest BCUT2D eigenvalue weighted by Gasteiger charge is 2.20. The van der Waals surface area contributed by atoms with Gasteiger partial charge < -0.3 is 10.6 Å². The summed E-state index contributed by atoms with van der Waals surface area (Å²) in [7, 11) is 1.76. The molecule has 0 fully saturated rings. The molecule has 0 bridgehead atoms. The number of hydrogen-bond acceptors (Lipinski definition) is 3. The van der Waals surface area contributed by atoms with Crippen molar-refractivity contribution in [2.24, 2.45) is 17.6 Å². The van der Waals surface area contributed by atoms with Gasteiger partial charge in [-0.05, 0) is 31.7 Å². The van der Waals surface area contributed by atoms with E-state index in [1.54, 1.807) is 11.9 Å². The van der Waals surface area contributed by atoms with Crippen molar-refractivity contribution in [3.63, 3.8) is 0 Å². The topological polar surface area (TPSA) is 70.1 Å². The predicted molar refractivity (Wildman–Crippen MR) is 69.1 cm³/mol. The largest absolute Gasteiger partial charge is 0.342 e. The highest BCUT2D eigenvalue weighted by Crippen LogP contribution is 2.16. The molecule has 0 aliphatic heterocycles. The van der Waals surface area contributed by atoms with Crippen molar-refractivity contribution < 1.29 is 4.79 Å². The zero-order valence-corrected chi connectivity index (χ0v) is 11.4. The third-order valence-electron chi connectivity index (χ3n) is 3.04. The molecular formula is C13H25N3O. The normalized spacial score (nSPS) is 14.2. The van der Waals surface area contributed by atoms with Crippen molar-refractivity contribution in [3.8, 4) is 6.07 Å². The van der Waals surface area contributed by atoms with Crippen LogP contribution in [0.5, 0.6) is 0 Å². The molecule has 0 aliphatic carbocycles. The standard InChI is InChI=1S/C13H25N3O/c1-10(2)7-12(9-15)8-13(17)16(4)11(3)5-6-14/h10-12H,5,7-9,15H2,1-4H3/t11?,12-/m0/s1. The van der Waals surface area contributed by atoms with Crippen LogP contribution in [0.15, 0.2) is 0 Å². The Morgan fingerprint density at radius 3 is 2.41 bits per heavy atom. The summed E-state index contributed by atoms with van der Waals surface area (Å²) in [5.41, 5.74) is 5.68. The first-order valence-corrected chi connectivity index (χ1v) is 6.25. The summed E-state index contributed by atoms with van der Waals surface area (Å²) < 4.78 is 0. The first kappa shape index (κ1) is 15.9. The molecule has 0 aromatic rings. The molecule has 4 nitrogen and oxygen atoms in total. The second-order valence-corrected chi connectivity index (χ2v) is 5.15. The van der Waals surface area contributed by atoms with Gasteiger partial charge in [-0.2, -0.15) is 5.26 Å². The van der Waals surface area contributed by atoms with Gasteiger partial charge in [-0.1, -0.05) is 13.8 Å². The first-order chi connectivity index (χ1) is 7.92. The van der Waals surface area contributed by atoms with E-state index in [9.17, 15) is 4.79 Å². The van der Waals surface area contributed by atoms with E-state index < -0.39 is 0 Å². The summed E-state index contributed by atoms with van der Waals surface area (Å²) in [5.74, 6) is 0.890. The number of carbonyl (C=O) groups is 1. The Bertz CT molecular complexity index is 270. The molecule has 0 aromatic carbocycles. The van der Waals surface area contributed by atoms with Gasteiger partial charge in [-0.25, -0.2) is 0 Å². The Morgan fingerprint density at radius 2 is 2.00 bits per heavy atom. The van der Waals surface area contributed by atoms with E-state index in [4.69, 9.17) is 11.0 Å². The van der Waals surface area contributed by atoms with Crippen LogP contribution in [0.4, 0.5) is 0 Å². The molecule has 2 atom stereocenters. The zero-order valence-electron chi connectivity index (χ0n) is 11.4. The van der Waals surface area contributed by atoms with Gasteiger partial charge in [0.25, 0.3) is 0 Å². The van der Waals surface area contributed by atoms with Crippen molar-refractivity contribution in [1.82, 2.24) is 4.90 Å². The van der Waals surface area contributed by atoms with Crippen molar-refractivity contribution in [1.29, 1.82) is 5.26 Å². The maximum atomic E-state index is 12.0. The Kier molecular flexibility index (Phi) is 7.56. The maximum Gasteiger partial charge on any atom is 0.222 e. The van der Waals surface area contributed by atoms with E-state index in [-0.39, 0.29) is 17.9 Å². The molecule has 1 amide bonds. The molecule has 2 N–H and O–H groups in total. The van der Waals surface area contributed by atoms with Gasteiger partial charge in [-0.15, -0.1) is 0 Å². The Labute approximate surface area is 105 Å². The lowest BCUT2D eigenvalue weighted by molar-refractivity contribution is -0.132. The van der Waals surface area contributed by atoms with Crippen molar-refractivity contribution >= 4 is 5.91 Å². The van der Waals surface area contributed by atoms with Gasteiger partial charge >= 0.3 is 0 Å². The summed E-state index contributed by atoms with van der Waals surface area (Å²) in [4.78, 5) is 13.6. The molecule has 0 rings (SSSR count). The van der Waals surface area contributed by atoms with Crippen LogP contribution >= 0.6 is 0 Å². The van der Waals surface area contributed by atoms with E-state index in [1.807, 2.05) is 6.92 Å². The molecule has 0 heterocycles. The van der Waals surface area contributed by atoms with Crippen molar-refractivity contribution in [2.75, 3.05) is 13.6 Å². The van der Waals surface area contributed by atoms with Crippen LogP contribution in [-0.2, 0) is 4.79 Å². The average molecular weight is 239 g/mol. The van der Waals surface area contributed by atoms with Gasteiger partial charge in [0.05, 0.1) is 12.5 Å².